The topological polar surface area (TPSA) is 63.4 Å². The van der Waals surface area contributed by atoms with Gasteiger partial charge in [-0.05, 0) is 12.8 Å². The highest BCUT2D eigenvalue weighted by molar-refractivity contribution is 7.88. The number of likely N-dealkylation sites (N-methyl/N-ethyl adjacent to an activating group) is 1. The lowest BCUT2D eigenvalue weighted by molar-refractivity contribution is 0.175. The van der Waals surface area contributed by atoms with Gasteiger partial charge in [-0.2, -0.15) is 4.31 Å². The average Bonchev–Trinajstić information content (AvgIpc) is 2.43. The molecule has 5 heteroatoms. The van der Waals surface area contributed by atoms with Crippen LogP contribution < -0.4 is 5.73 Å². The second-order valence-electron chi connectivity index (χ2n) is 4.77. The number of rotatable bonds is 4. The molecular weight excluding hydrogens is 224 g/mol. The van der Waals surface area contributed by atoms with Gasteiger partial charge in [-0.15, -0.1) is 0 Å². The zero-order chi connectivity index (χ0) is 12.2. The number of hydrogen-bond acceptors (Lipinski definition) is 3. The molecule has 0 aromatic rings. The molecule has 0 spiro atoms. The average molecular weight is 248 g/mol. The van der Waals surface area contributed by atoms with Crippen molar-refractivity contribution in [1.82, 2.24) is 4.31 Å². The zero-order valence-electron chi connectivity index (χ0n) is 10.4. The highest BCUT2D eigenvalue weighted by Crippen LogP contribution is 2.33. The molecule has 16 heavy (non-hydrogen) atoms. The molecule has 4 nitrogen and oxygen atoms in total. The van der Waals surface area contributed by atoms with Crippen LogP contribution in [0.25, 0.3) is 0 Å². The summed E-state index contributed by atoms with van der Waals surface area (Å²) in [6.07, 6.45) is 7.67. The summed E-state index contributed by atoms with van der Waals surface area (Å²) in [6.45, 7) is 2.85. The second-order valence-corrected chi connectivity index (χ2v) is 6.68. The van der Waals surface area contributed by atoms with Gasteiger partial charge in [-0.25, -0.2) is 8.42 Å². The highest BCUT2D eigenvalue weighted by Gasteiger charge is 2.39. The molecule has 1 aliphatic carbocycles. The van der Waals surface area contributed by atoms with E-state index in [0.29, 0.717) is 13.1 Å². The third kappa shape index (κ3) is 2.96. The van der Waals surface area contributed by atoms with E-state index in [1.807, 2.05) is 6.92 Å². The summed E-state index contributed by atoms with van der Waals surface area (Å²) in [7, 11) is -3.15. The molecule has 0 atom stereocenters. The van der Waals surface area contributed by atoms with E-state index in [0.717, 1.165) is 25.7 Å². The number of hydrogen-bond donors (Lipinski definition) is 1. The maximum atomic E-state index is 11.8. The summed E-state index contributed by atoms with van der Waals surface area (Å²) in [5.41, 5.74) is 5.55. The molecule has 0 unspecified atom stereocenters. The molecule has 0 aromatic heterocycles. The lowest BCUT2D eigenvalue weighted by Gasteiger charge is -2.40. The SMILES string of the molecule is CCN(C1(CN)CCCCCC1)S(C)(=O)=O. The van der Waals surface area contributed by atoms with Crippen LogP contribution in [0.4, 0.5) is 0 Å². The van der Waals surface area contributed by atoms with Gasteiger partial charge in [0, 0.05) is 18.6 Å². The van der Waals surface area contributed by atoms with Crippen molar-refractivity contribution in [1.29, 1.82) is 0 Å². The molecule has 0 heterocycles. The molecule has 96 valence electrons. The molecule has 1 aliphatic rings. The number of nitrogens with two attached hydrogens (primary N) is 1. The third-order valence-corrected chi connectivity index (χ3v) is 5.08. The molecule has 0 saturated heterocycles. The fourth-order valence-corrected chi connectivity index (χ4v) is 4.29. The molecule has 0 amide bonds. The van der Waals surface area contributed by atoms with Gasteiger partial charge in [0.25, 0.3) is 0 Å². The molecule has 2 N–H and O–H groups in total. The maximum Gasteiger partial charge on any atom is 0.211 e. The first-order valence-corrected chi connectivity index (χ1v) is 7.99. The normalized spacial score (nSPS) is 22.0. The predicted molar refractivity (Wildman–Crippen MR) is 66.7 cm³/mol. The minimum absolute atomic E-state index is 0.321. The highest BCUT2D eigenvalue weighted by atomic mass is 32.2. The van der Waals surface area contributed by atoms with Gasteiger partial charge >= 0.3 is 0 Å². The van der Waals surface area contributed by atoms with Crippen LogP contribution in [-0.2, 0) is 10.0 Å². The van der Waals surface area contributed by atoms with Crippen LogP contribution in [0.3, 0.4) is 0 Å². The van der Waals surface area contributed by atoms with Gasteiger partial charge < -0.3 is 5.73 Å². The van der Waals surface area contributed by atoms with Crippen molar-refractivity contribution in [3.05, 3.63) is 0 Å². The van der Waals surface area contributed by atoms with E-state index in [1.54, 1.807) is 4.31 Å². The Kier molecular flexibility index (Phi) is 4.76. The van der Waals surface area contributed by atoms with Crippen LogP contribution in [0.15, 0.2) is 0 Å². The largest absolute Gasteiger partial charge is 0.329 e. The Morgan fingerprint density at radius 3 is 2.00 bits per heavy atom. The van der Waals surface area contributed by atoms with E-state index in [4.69, 9.17) is 5.73 Å². The molecule has 1 saturated carbocycles. The number of nitrogens with zero attached hydrogens (tertiary/aromatic N) is 1. The maximum absolute atomic E-state index is 11.8. The molecule has 1 fully saturated rings. The number of sulfonamides is 1. The lowest BCUT2D eigenvalue weighted by atomic mass is 9.90. The fraction of sp³-hybridized carbons (Fsp3) is 1.00. The van der Waals surface area contributed by atoms with Gasteiger partial charge in [0.1, 0.15) is 0 Å². The van der Waals surface area contributed by atoms with Crippen molar-refractivity contribution < 1.29 is 8.42 Å². The summed E-state index contributed by atoms with van der Waals surface area (Å²) >= 11 is 0. The van der Waals surface area contributed by atoms with E-state index >= 15 is 0 Å². The van der Waals surface area contributed by atoms with Crippen molar-refractivity contribution >= 4 is 10.0 Å². The quantitative estimate of drug-likeness (QED) is 0.763. The minimum Gasteiger partial charge on any atom is -0.329 e. The van der Waals surface area contributed by atoms with Crippen LogP contribution in [0.5, 0.6) is 0 Å². The van der Waals surface area contributed by atoms with E-state index < -0.39 is 10.0 Å². The zero-order valence-corrected chi connectivity index (χ0v) is 11.2. The van der Waals surface area contributed by atoms with Crippen LogP contribution in [0.2, 0.25) is 0 Å². The molecule has 1 rings (SSSR count). The smallest absolute Gasteiger partial charge is 0.211 e. The second kappa shape index (κ2) is 5.47. The Morgan fingerprint density at radius 1 is 1.19 bits per heavy atom. The molecule has 0 aliphatic heterocycles. The Bertz CT molecular complexity index is 306. The van der Waals surface area contributed by atoms with Gasteiger partial charge in [0.05, 0.1) is 6.26 Å². The first-order chi connectivity index (χ1) is 7.46. The van der Waals surface area contributed by atoms with Gasteiger partial charge in [0.2, 0.25) is 10.0 Å². The van der Waals surface area contributed by atoms with Crippen LogP contribution in [0.1, 0.15) is 45.4 Å². The molecular formula is C11H24N2O2S. The summed E-state index contributed by atoms with van der Waals surface area (Å²) in [4.78, 5) is 0. The van der Waals surface area contributed by atoms with Crippen molar-refractivity contribution in [2.24, 2.45) is 5.73 Å². The van der Waals surface area contributed by atoms with E-state index in [1.165, 1.54) is 19.1 Å². The lowest BCUT2D eigenvalue weighted by Crippen LogP contribution is -2.55. The fourth-order valence-electron chi connectivity index (χ4n) is 2.86. The van der Waals surface area contributed by atoms with Crippen LogP contribution in [-0.4, -0.2) is 37.6 Å². The van der Waals surface area contributed by atoms with Gasteiger partial charge in [0.15, 0.2) is 0 Å². The van der Waals surface area contributed by atoms with Crippen molar-refractivity contribution in [2.75, 3.05) is 19.3 Å². The van der Waals surface area contributed by atoms with E-state index in [2.05, 4.69) is 0 Å². The van der Waals surface area contributed by atoms with Gasteiger partial charge in [-0.3, -0.25) is 0 Å². The standard InChI is InChI=1S/C11H24N2O2S/c1-3-13(16(2,14)15)11(10-12)8-6-4-5-7-9-11/h3-10,12H2,1-2H3. The van der Waals surface area contributed by atoms with E-state index in [9.17, 15) is 8.42 Å². The first-order valence-electron chi connectivity index (χ1n) is 6.14. The van der Waals surface area contributed by atoms with Crippen LogP contribution in [0, 0.1) is 0 Å². The minimum atomic E-state index is -3.15. The summed E-state index contributed by atoms with van der Waals surface area (Å²) < 4.78 is 25.2. The summed E-state index contributed by atoms with van der Waals surface area (Å²) in [6, 6.07) is 0. The summed E-state index contributed by atoms with van der Waals surface area (Å²) in [5.74, 6) is 0. The Morgan fingerprint density at radius 2 is 1.69 bits per heavy atom. The van der Waals surface area contributed by atoms with Crippen molar-refractivity contribution in [3.8, 4) is 0 Å². The predicted octanol–water partition coefficient (Wildman–Crippen LogP) is 1.32. The molecule has 0 radical (unpaired) electrons. The first kappa shape index (κ1) is 13.9. The van der Waals surface area contributed by atoms with Crippen molar-refractivity contribution in [2.45, 2.75) is 51.0 Å². The van der Waals surface area contributed by atoms with Crippen molar-refractivity contribution in [3.63, 3.8) is 0 Å². The monoisotopic (exact) mass is 248 g/mol. The summed E-state index contributed by atoms with van der Waals surface area (Å²) in [5, 5.41) is 0. The molecule has 0 aromatic carbocycles. The van der Waals surface area contributed by atoms with Gasteiger partial charge in [-0.1, -0.05) is 32.6 Å². The molecule has 0 bridgehead atoms. The van der Waals surface area contributed by atoms with E-state index in [-0.39, 0.29) is 5.54 Å². The Balaban J connectivity index is 2.99. The Labute approximate surface area is 99.2 Å². The van der Waals surface area contributed by atoms with Crippen LogP contribution >= 0.6 is 0 Å². The Hall–Kier alpha value is -0.130. The third-order valence-electron chi connectivity index (χ3n) is 3.63.